The van der Waals surface area contributed by atoms with E-state index in [0.717, 1.165) is 4.47 Å². The van der Waals surface area contributed by atoms with Crippen LogP contribution in [0.15, 0.2) is 22.7 Å². The van der Waals surface area contributed by atoms with E-state index in [1.807, 2.05) is 13.0 Å². The zero-order valence-electron chi connectivity index (χ0n) is 10.8. The lowest BCUT2D eigenvalue weighted by Crippen LogP contribution is -2.30. The molecule has 1 rings (SSSR count). The third-order valence-corrected chi connectivity index (χ3v) is 2.96. The van der Waals surface area contributed by atoms with Crippen LogP contribution in [0.4, 0.5) is 0 Å². The van der Waals surface area contributed by atoms with E-state index in [-0.39, 0.29) is 11.8 Å². The summed E-state index contributed by atoms with van der Waals surface area (Å²) in [5.41, 5.74) is 0.525. The minimum absolute atomic E-state index is 0.142. The number of nitrogens with one attached hydrogen (secondary N) is 1. The summed E-state index contributed by atoms with van der Waals surface area (Å²) in [4.78, 5) is 12.0. The Morgan fingerprint density at radius 1 is 1.44 bits per heavy atom. The van der Waals surface area contributed by atoms with Gasteiger partial charge in [0.05, 0.1) is 19.3 Å². The van der Waals surface area contributed by atoms with Crippen LogP contribution in [0.25, 0.3) is 0 Å². The van der Waals surface area contributed by atoms with Gasteiger partial charge < -0.3 is 14.8 Å². The van der Waals surface area contributed by atoms with Crippen LogP contribution >= 0.6 is 15.9 Å². The molecule has 0 aliphatic heterocycles. The number of benzene rings is 1. The number of rotatable bonds is 6. The maximum atomic E-state index is 12.0. The van der Waals surface area contributed by atoms with E-state index in [2.05, 4.69) is 21.2 Å². The third-order valence-electron chi connectivity index (χ3n) is 2.47. The van der Waals surface area contributed by atoms with Crippen molar-refractivity contribution in [3.63, 3.8) is 0 Å². The second-order valence-corrected chi connectivity index (χ2v) is 5.03. The van der Waals surface area contributed by atoms with Crippen LogP contribution in [0.5, 0.6) is 5.75 Å². The molecule has 18 heavy (non-hydrogen) atoms. The number of methoxy groups -OCH3 is 2. The highest BCUT2D eigenvalue weighted by molar-refractivity contribution is 9.10. The number of hydrogen-bond acceptors (Lipinski definition) is 3. The number of halogens is 1. The van der Waals surface area contributed by atoms with E-state index in [4.69, 9.17) is 9.47 Å². The van der Waals surface area contributed by atoms with Crippen molar-refractivity contribution in [2.45, 2.75) is 6.92 Å². The van der Waals surface area contributed by atoms with Gasteiger partial charge in [0.25, 0.3) is 5.91 Å². The van der Waals surface area contributed by atoms with Gasteiger partial charge in [-0.1, -0.05) is 22.9 Å². The topological polar surface area (TPSA) is 47.6 Å². The minimum Gasteiger partial charge on any atom is -0.496 e. The molecule has 1 N–H and O–H groups in total. The van der Waals surface area contributed by atoms with Crippen molar-refractivity contribution in [1.82, 2.24) is 5.32 Å². The summed E-state index contributed by atoms with van der Waals surface area (Å²) in [6.07, 6.45) is 0. The number of ether oxygens (including phenoxy) is 2. The Bertz CT molecular complexity index is 409. The van der Waals surface area contributed by atoms with Crippen molar-refractivity contribution in [2.24, 2.45) is 5.92 Å². The molecule has 1 atom stereocenters. The van der Waals surface area contributed by atoms with Crippen LogP contribution in [0, 0.1) is 5.92 Å². The van der Waals surface area contributed by atoms with Crippen molar-refractivity contribution in [3.05, 3.63) is 28.2 Å². The average Bonchev–Trinajstić information content (AvgIpc) is 2.36. The lowest BCUT2D eigenvalue weighted by atomic mass is 10.1. The first kappa shape index (κ1) is 15.0. The molecule has 0 saturated heterocycles. The molecule has 1 aromatic carbocycles. The number of amides is 1. The zero-order chi connectivity index (χ0) is 13.5. The second kappa shape index (κ2) is 7.38. The van der Waals surface area contributed by atoms with Crippen LogP contribution in [-0.4, -0.2) is 33.3 Å². The Balaban J connectivity index is 2.68. The highest BCUT2D eigenvalue weighted by Gasteiger charge is 2.13. The van der Waals surface area contributed by atoms with Crippen LogP contribution < -0.4 is 10.1 Å². The van der Waals surface area contributed by atoms with Gasteiger partial charge in [0.15, 0.2) is 0 Å². The molecule has 0 aliphatic carbocycles. The summed E-state index contributed by atoms with van der Waals surface area (Å²) in [5.74, 6) is 0.697. The fourth-order valence-corrected chi connectivity index (χ4v) is 1.92. The molecule has 0 aromatic heterocycles. The highest BCUT2D eigenvalue weighted by Crippen LogP contribution is 2.22. The maximum Gasteiger partial charge on any atom is 0.255 e. The van der Waals surface area contributed by atoms with E-state index in [0.29, 0.717) is 24.5 Å². The van der Waals surface area contributed by atoms with Crippen molar-refractivity contribution in [2.75, 3.05) is 27.4 Å². The van der Waals surface area contributed by atoms with E-state index in [1.165, 1.54) is 0 Å². The summed E-state index contributed by atoms with van der Waals surface area (Å²) in [6, 6.07) is 5.34. The fraction of sp³-hybridized carbons (Fsp3) is 0.462. The van der Waals surface area contributed by atoms with E-state index in [1.54, 1.807) is 26.4 Å². The van der Waals surface area contributed by atoms with Crippen LogP contribution in [0.3, 0.4) is 0 Å². The predicted octanol–water partition coefficient (Wildman–Crippen LogP) is 2.47. The first-order chi connectivity index (χ1) is 8.58. The van der Waals surface area contributed by atoms with Gasteiger partial charge >= 0.3 is 0 Å². The highest BCUT2D eigenvalue weighted by atomic mass is 79.9. The van der Waals surface area contributed by atoms with Gasteiger partial charge in [-0.25, -0.2) is 0 Å². The lowest BCUT2D eigenvalue weighted by Gasteiger charge is -2.13. The summed E-state index contributed by atoms with van der Waals surface area (Å²) in [7, 11) is 3.20. The van der Waals surface area contributed by atoms with Crippen molar-refractivity contribution < 1.29 is 14.3 Å². The van der Waals surface area contributed by atoms with Gasteiger partial charge in [-0.05, 0) is 24.1 Å². The monoisotopic (exact) mass is 315 g/mol. The quantitative estimate of drug-likeness (QED) is 0.877. The molecule has 4 nitrogen and oxygen atoms in total. The molecule has 100 valence electrons. The largest absolute Gasteiger partial charge is 0.496 e. The summed E-state index contributed by atoms with van der Waals surface area (Å²) >= 11 is 3.34. The molecule has 0 spiro atoms. The zero-order valence-corrected chi connectivity index (χ0v) is 12.4. The third kappa shape index (κ3) is 4.31. The smallest absolute Gasteiger partial charge is 0.255 e. The maximum absolute atomic E-state index is 12.0. The molecule has 0 bridgehead atoms. The lowest BCUT2D eigenvalue weighted by molar-refractivity contribution is 0.0931. The van der Waals surface area contributed by atoms with Gasteiger partial charge in [-0.15, -0.1) is 0 Å². The Labute approximate surface area is 116 Å². The molecular formula is C13H18BrNO3. The van der Waals surface area contributed by atoms with Gasteiger partial charge in [0.2, 0.25) is 0 Å². The van der Waals surface area contributed by atoms with E-state index >= 15 is 0 Å². The molecule has 0 aliphatic rings. The second-order valence-electron chi connectivity index (χ2n) is 4.12. The predicted molar refractivity (Wildman–Crippen MR) is 74.1 cm³/mol. The van der Waals surface area contributed by atoms with Gasteiger partial charge in [-0.2, -0.15) is 0 Å². The summed E-state index contributed by atoms with van der Waals surface area (Å²) in [6.45, 7) is 3.21. The normalized spacial score (nSPS) is 12.0. The average molecular weight is 316 g/mol. The Morgan fingerprint density at radius 2 is 2.17 bits per heavy atom. The van der Waals surface area contributed by atoms with Crippen molar-refractivity contribution >= 4 is 21.8 Å². The summed E-state index contributed by atoms with van der Waals surface area (Å²) < 4.78 is 11.0. The Morgan fingerprint density at radius 3 is 2.78 bits per heavy atom. The molecule has 5 heteroatoms. The molecule has 0 saturated carbocycles. The Hall–Kier alpha value is -1.07. The number of carbonyl (C=O) groups is 1. The van der Waals surface area contributed by atoms with Gasteiger partial charge in [-0.3, -0.25) is 4.79 Å². The first-order valence-corrected chi connectivity index (χ1v) is 6.48. The van der Waals surface area contributed by atoms with Crippen LogP contribution in [0.2, 0.25) is 0 Å². The van der Waals surface area contributed by atoms with E-state index < -0.39 is 0 Å². The number of hydrogen-bond donors (Lipinski definition) is 1. The molecule has 0 heterocycles. The SMILES string of the molecule is COCC(C)CNC(=O)c1cc(Br)ccc1OC. The number of carbonyl (C=O) groups excluding carboxylic acids is 1. The molecule has 0 radical (unpaired) electrons. The van der Waals surface area contributed by atoms with Gasteiger partial charge in [0.1, 0.15) is 5.75 Å². The van der Waals surface area contributed by atoms with Crippen molar-refractivity contribution in [3.8, 4) is 5.75 Å². The fourth-order valence-electron chi connectivity index (χ4n) is 1.56. The van der Waals surface area contributed by atoms with Crippen molar-refractivity contribution in [1.29, 1.82) is 0 Å². The molecule has 1 aromatic rings. The van der Waals surface area contributed by atoms with E-state index in [9.17, 15) is 4.79 Å². The molecule has 0 fully saturated rings. The first-order valence-electron chi connectivity index (χ1n) is 5.69. The minimum atomic E-state index is -0.142. The standard InChI is InChI=1S/C13H18BrNO3/c1-9(8-17-2)7-15-13(16)11-6-10(14)4-5-12(11)18-3/h4-6,9H,7-8H2,1-3H3,(H,15,16). The van der Waals surface area contributed by atoms with Gasteiger partial charge in [0, 0.05) is 18.1 Å². The molecule has 1 amide bonds. The molecule has 1 unspecified atom stereocenters. The molecular weight excluding hydrogens is 298 g/mol. The van der Waals surface area contributed by atoms with Crippen LogP contribution in [-0.2, 0) is 4.74 Å². The van der Waals surface area contributed by atoms with Crippen LogP contribution in [0.1, 0.15) is 17.3 Å². The Kier molecular flexibility index (Phi) is 6.15. The summed E-state index contributed by atoms with van der Waals surface area (Å²) in [5, 5.41) is 2.87.